The number of para-hydroxylation sites is 1. The normalized spacial score (nSPS) is 12.4. The molecule has 0 radical (unpaired) electrons. The fourth-order valence-corrected chi connectivity index (χ4v) is 2.66. The topological polar surface area (TPSA) is 38.1 Å². The van der Waals surface area contributed by atoms with Gasteiger partial charge in [0.15, 0.2) is 5.58 Å². The number of fused-ring (bicyclic) bond motifs is 1. The van der Waals surface area contributed by atoms with Crippen molar-refractivity contribution in [3.05, 3.63) is 66.7 Å². The predicted octanol–water partition coefficient (Wildman–Crippen LogP) is 4.33. The highest BCUT2D eigenvalue weighted by Gasteiger charge is 2.17. The van der Waals surface area contributed by atoms with Crippen LogP contribution in [0.2, 0.25) is 0 Å². The standard InChI is InChI=1S/C18H18N2O/c1-3-8-16(19-2)13-9-4-5-10-14(13)18-15-11-6-7-12-17(15)21-20-18/h3-7,9-12,16,19H,1,8H2,2H3. The monoisotopic (exact) mass is 278 g/mol. The van der Waals surface area contributed by atoms with E-state index in [2.05, 4.69) is 35.3 Å². The molecule has 3 nitrogen and oxygen atoms in total. The van der Waals surface area contributed by atoms with Crippen LogP contribution in [0.3, 0.4) is 0 Å². The van der Waals surface area contributed by atoms with E-state index in [0.29, 0.717) is 0 Å². The van der Waals surface area contributed by atoms with Gasteiger partial charge in [0.25, 0.3) is 0 Å². The van der Waals surface area contributed by atoms with Gasteiger partial charge in [-0.05, 0) is 31.2 Å². The SMILES string of the molecule is C=CCC(NC)c1ccccc1-c1noc2ccccc12. The molecule has 1 atom stereocenters. The Labute approximate surface area is 124 Å². The summed E-state index contributed by atoms with van der Waals surface area (Å²) < 4.78 is 5.44. The number of hydrogen-bond donors (Lipinski definition) is 1. The Morgan fingerprint density at radius 2 is 1.95 bits per heavy atom. The second-order valence-corrected chi connectivity index (χ2v) is 4.98. The summed E-state index contributed by atoms with van der Waals surface area (Å²) >= 11 is 0. The van der Waals surface area contributed by atoms with E-state index in [9.17, 15) is 0 Å². The van der Waals surface area contributed by atoms with Crippen molar-refractivity contribution in [1.82, 2.24) is 10.5 Å². The third kappa shape index (κ3) is 2.48. The molecule has 3 rings (SSSR count). The molecule has 0 amide bonds. The van der Waals surface area contributed by atoms with E-state index in [4.69, 9.17) is 4.52 Å². The molecule has 3 heteroatoms. The third-order valence-corrected chi connectivity index (χ3v) is 3.72. The molecule has 0 saturated heterocycles. The lowest BCUT2D eigenvalue weighted by atomic mass is 9.95. The Hall–Kier alpha value is -2.39. The molecule has 0 saturated carbocycles. The van der Waals surface area contributed by atoms with E-state index in [1.165, 1.54) is 5.56 Å². The van der Waals surface area contributed by atoms with Crippen molar-refractivity contribution in [3.8, 4) is 11.3 Å². The number of nitrogens with zero attached hydrogens (tertiary/aromatic N) is 1. The molecule has 0 bridgehead atoms. The zero-order chi connectivity index (χ0) is 14.7. The first-order chi connectivity index (χ1) is 10.3. The molecule has 21 heavy (non-hydrogen) atoms. The van der Waals surface area contributed by atoms with Gasteiger partial charge in [0, 0.05) is 17.0 Å². The first-order valence-corrected chi connectivity index (χ1v) is 7.07. The van der Waals surface area contributed by atoms with Crippen LogP contribution in [0, 0.1) is 0 Å². The van der Waals surface area contributed by atoms with Crippen LogP contribution in [0.1, 0.15) is 18.0 Å². The zero-order valence-electron chi connectivity index (χ0n) is 12.0. The van der Waals surface area contributed by atoms with Gasteiger partial charge in [-0.25, -0.2) is 0 Å². The molecular weight excluding hydrogens is 260 g/mol. The van der Waals surface area contributed by atoms with Crippen molar-refractivity contribution < 1.29 is 4.52 Å². The van der Waals surface area contributed by atoms with Gasteiger partial charge in [0.1, 0.15) is 5.69 Å². The van der Waals surface area contributed by atoms with Gasteiger partial charge in [0.05, 0.1) is 0 Å². The molecule has 1 heterocycles. The second-order valence-electron chi connectivity index (χ2n) is 4.98. The first kappa shape index (κ1) is 13.6. The first-order valence-electron chi connectivity index (χ1n) is 7.07. The minimum atomic E-state index is 0.217. The largest absolute Gasteiger partial charge is 0.356 e. The Morgan fingerprint density at radius 3 is 2.76 bits per heavy atom. The van der Waals surface area contributed by atoms with Crippen LogP contribution in [0.25, 0.3) is 22.2 Å². The Kier molecular flexibility index (Phi) is 3.84. The third-order valence-electron chi connectivity index (χ3n) is 3.72. The Balaban J connectivity index is 2.16. The summed E-state index contributed by atoms with van der Waals surface area (Å²) in [6.07, 6.45) is 2.79. The van der Waals surface area contributed by atoms with Crippen LogP contribution in [0.4, 0.5) is 0 Å². The smallest absolute Gasteiger partial charge is 0.167 e. The average Bonchev–Trinajstić information content (AvgIpc) is 2.96. The fourth-order valence-electron chi connectivity index (χ4n) is 2.66. The summed E-state index contributed by atoms with van der Waals surface area (Å²) in [5.41, 5.74) is 4.01. The molecule has 1 N–H and O–H groups in total. The van der Waals surface area contributed by atoms with Gasteiger partial charge >= 0.3 is 0 Å². The molecule has 0 spiro atoms. The fraction of sp³-hybridized carbons (Fsp3) is 0.167. The summed E-state index contributed by atoms with van der Waals surface area (Å²) in [6, 6.07) is 16.5. The van der Waals surface area contributed by atoms with Crippen molar-refractivity contribution in [1.29, 1.82) is 0 Å². The van der Waals surface area contributed by atoms with Gasteiger partial charge < -0.3 is 9.84 Å². The van der Waals surface area contributed by atoms with Crippen LogP contribution in [-0.2, 0) is 0 Å². The van der Waals surface area contributed by atoms with E-state index in [0.717, 1.165) is 28.6 Å². The highest BCUT2D eigenvalue weighted by atomic mass is 16.5. The minimum Gasteiger partial charge on any atom is -0.356 e. The molecule has 1 unspecified atom stereocenters. The summed E-state index contributed by atoms with van der Waals surface area (Å²) in [5.74, 6) is 0. The van der Waals surface area contributed by atoms with E-state index in [-0.39, 0.29) is 6.04 Å². The average molecular weight is 278 g/mol. The van der Waals surface area contributed by atoms with Crippen LogP contribution < -0.4 is 5.32 Å². The number of aromatic nitrogens is 1. The van der Waals surface area contributed by atoms with Crippen molar-refractivity contribution in [2.45, 2.75) is 12.5 Å². The molecule has 106 valence electrons. The number of benzene rings is 2. The van der Waals surface area contributed by atoms with E-state index in [1.54, 1.807) is 0 Å². The Morgan fingerprint density at radius 1 is 1.19 bits per heavy atom. The lowest BCUT2D eigenvalue weighted by Gasteiger charge is -2.17. The molecular formula is C18H18N2O. The number of rotatable bonds is 5. The summed E-state index contributed by atoms with van der Waals surface area (Å²) in [5, 5.41) is 8.65. The van der Waals surface area contributed by atoms with Crippen LogP contribution in [0.15, 0.2) is 65.7 Å². The number of hydrogen-bond acceptors (Lipinski definition) is 3. The predicted molar refractivity (Wildman–Crippen MR) is 86.1 cm³/mol. The van der Waals surface area contributed by atoms with Gasteiger partial charge in [-0.2, -0.15) is 0 Å². The summed E-state index contributed by atoms with van der Waals surface area (Å²) in [4.78, 5) is 0. The Bertz CT molecular complexity index is 761. The summed E-state index contributed by atoms with van der Waals surface area (Å²) in [7, 11) is 1.96. The molecule has 0 fully saturated rings. The minimum absolute atomic E-state index is 0.217. The number of nitrogens with one attached hydrogen (secondary N) is 1. The quantitative estimate of drug-likeness (QED) is 0.706. The van der Waals surface area contributed by atoms with Crippen molar-refractivity contribution in [2.24, 2.45) is 0 Å². The van der Waals surface area contributed by atoms with E-state index < -0.39 is 0 Å². The lowest BCUT2D eigenvalue weighted by molar-refractivity contribution is 0.459. The van der Waals surface area contributed by atoms with E-state index in [1.807, 2.05) is 43.5 Å². The van der Waals surface area contributed by atoms with Crippen molar-refractivity contribution >= 4 is 11.0 Å². The molecule has 2 aromatic carbocycles. The van der Waals surface area contributed by atoms with Gasteiger partial charge in [-0.3, -0.25) is 0 Å². The lowest BCUT2D eigenvalue weighted by Crippen LogP contribution is -2.16. The van der Waals surface area contributed by atoms with Gasteiger partial charge in [-0.1, -0.05) is 47.6 Å². The second kappa shape index (κ2) is 5.94. The van der Waals surface area contributed by atoms with Crippen LogP contribution in [0.5, 0.6) is 0 Å². The molecule has 1 aromatic heterocycles. The van der Waals surface area contributed by atoms with Crippen LogP contribution in [-0.4, -0.2) is 12.2 Å². The van der Waals surface area contributed by atoms with Gasteiger partial charge in [0.2, 0.25) is 0 Å². The molecule has 0 aliphatic carbocycles. The van der Waals surface area contributed by atoms with Crippen molar-refractivity contribution in [3.63, 3.8) is 0 Å². The van der Waals surface area contributed by atoms with E-state index >= 15 is 0 Å². The van der Waals surface area contributed by atoms with Gasteiger partial charge in [-0.15, -0.1) is 6.58 Å². The maximum Gasteiger partial charge on any atom is 0.167 e. The maximum atomic E-state index is 5.44. The zero-order valence-corrected chi connectivity index (χ0v) is 12.0. The highest BCUT2D eigenvalue weighted by molar-refractivity contribution is 5.92. The summed E-state index contributed by atoms with van der Waals surface area (Å²) in [6.45, 7) is 3.84. The van der Waals surface area contributed by atoms with Crippen molar-refractivity contribution in [2.75, 3.05) is 7.05 Å². The molecule has 0 aliphatic heterocycles. The highest BCUT2D eigenvalue weighted by Crippen LogP contribution is 2.33. The molecule has 3 aromatic rings. The van der Waals surface area contributed by atoms with Crippen LogP contribution >= 0.6 is 0 Å². The maximum absolute atomic E-state index is 5.44. The molecule has 0 aliphatic rings.